The van der Waals surface area contributed by atoms with Crippen LogP contribution in [0.25, 0.3) is 0 Å². The molecular weight excluding hydrogens is 373 g/mol. The van der Waals surface area contributed by atoms with E-state index >= 15 is 0 Å². The molecule has 3 N–H and O–H groups in total. The van der Waals surface area contributed by atoms with Crippen LogP contribution in [-0.2, 0) is 12.8 Å². The zero-order valence-electron chi connectivity index (χ0n) is 14.0. The molecule has 3 aromatic rings. The highest BCUT2D eigenvalue weighted by Crippen LogP contribution is 2.20. The van der Waals surface area contributed by atoms with Crippen LogP contribution >= 0.6 is 11.6 Å². The van der Waals surface area contributed by atoms with Crippen molar-refractivity contribution in [1.29, 1.82) is 0 Å². The normalized spacial score (nSPS) is 10.4. The van der Waals surface area contributed by atoms with Crippen LogP contribution in [0, 0.1) is 5.82 Å². The van der Waals surface area contributed by atoms with Crippen molar-refractivity contribution in [1.82, 2.24) is 15.0 Å². The first-order valence-electron chi connectivity index (χ1n) is 7.98. The lowest BCUT2D eigenvalue weighted by molar-refractivity contribution is 0.209. The molecule has 0 saturated heterocycles. The summed E-state index contributed by atoms with van der Waals surface area (Å²) in [6.45, 7) is 0. The molecule has 7 nitrogen and oxygen atoms in total. The van der Waals surface area contributed by atoms with Crippen molar-refractivity contribution in [3.05, 3.63) is 71.0 Å². The maximum Gasteiger partial charge on any atom is 0.410 e. The summed E-state index contributed by atoms with van der Waals surface area (Å²) < 4.78 is 13.8. The molecule has 0 radical (unpaired) electrons. The van der Waals surface area contributed by atoms with E-state index in [1.165, 1.54) is 0 Å². The third kappa shape index (κ3) is 5.35. The molecule has 1 aromatic carbocycles. The topological polar surface area (TPSA) is 100 Å². The van der Waals surface area contributed by atoms with Crippen LogP contribution in [0.1, 0.15) is 11.1 Å². The van der Waals surface area contributed by atoms with E-state index in [0.717, 1.165) is 17.3 Å². The van der Waals surface area contributed by atoms with Gasteiger partial charge in [0.25, 0.3) is 0 Å². The second-order valence-electron chi connectivity index (χ2n) is 5.64. The fraction of sp³-hybridized carbons (Fsp3) is 0.111. The number of rotatable bonds is 6. The van der Waals surface area contributed by atoms with Gasteiger partial charge in [-0.3, -0.25) is 5.32 Å². The average molecular weight is 388 g/mol. The zero-order valence-corrected chi connectivity index (χ0v) is 14.7. The first kappa shape index (κ1) is 18.5. The molecule has 0 unspecified atom stereocenters. The van der Waals surface area contributed by atoms with Gasteiger partial charge in [-0.15, -0.1) is 0 Å². The molecule has 9 heteroatoms. The number of anilines is 3. The van der Waals surface area contributed by atoms with Gasteiger partial charge in [0.2, 0.25) is 5.28 Å². The van der Waals surface area contributed by atoms with Crippen LogP contribution < -0.4 is 10.6 Å². The average Bonchev–Trinajstić information content (AvgIpc) is 2.63. The van der Waals surface area contributed by atoms with Crippen molar-refractivity contribution in [3.63, 3.8) is 0 Å². The number of benzene rings is 1. The summed E-state index contributed by atoms with van der Waals surface area (Å²) in [6.07, 6.45) is 2.80. The zero-order chi connectivity index (χ0) is 19.2. The first-order valence-corrected chi connectivity index (χ1v) is 8.36. The summed E-state index contributed by atoms with van der Waals surface area (Å²) in [7, 11) is 0. The van der Waals surface area contributed by atoms with Gasteiger partial charge in [-0.05, 0) is 59.8 Å². The van der Waals surface area contributed by atoms with Gasteiger partial charge in [-0.2, -0.15) is 4.98 Å². The van der Waals surface area contributed by atoms with Gasteiger partial charge in [-0.1, -0.05) is 12.1 Å². The maximum absolute atomic E-state index is 13.8. The smallest absolute Gasteiger partial charge is 0.410 e. The molecule has 138 valence electrons. The minimum atomic E-state index is -1.16. The molecule has 0 bridgehead atoms. The van der Waals surface area contributed by atoms with E-state index in [4.69, 9.17) is 16.7 Å². The molecular formula is C18H15ClFN5O2. The van der Waals surface area contributed by atoms with Crippen molar-refractivity contribution >= 4 is 35.0 Å². The van der Waals surface area contributed by atoms with E-state index < -0.39 is 11.9 Å². The Bertz CT molecular complexity index is 970. The highest BCUT2D eigenvalue weighted by molar-refractivity contribution is 6.28. The number of hydrogen-bond donors (Lipinski definition) is 3. The Morgan fingerprint density at radius 3 is 2.70 bits per heavy atom. The number of carbonyl (C=O) groups is 1. The van der Waals surface area contributed by atoms with Crippen LogP contribution in [0.5, 0.6) is 0 Å². The van der Waals surface area contributed by atoms with Crippen LogP contribution in [0.2, 0.25) is 5.28 Å². The molecule has 0 spiro atoms. The summed E-state index contributed by atoms with van der Waals surface area (Å²) in [5.74, 6) is -0.308. The van der Waals surface area contributed by atoms with Gasteiger partial charge in [0.1, 0.15) is 5.82 Å². The summed E-state index contributed by atoms with van der Waals surface area (Å²) in [5.41, 5.74) is 2.63. The molecule has 0 atom stereocenters. The standard InChI is InChI=1S/C18H15ClFN5O2/c19-17-22-10-14(20)16(25-17)23-13-3-1-2-11(8-13)4-5-12-6-7-21-15(9-12)24-18(26)27/h1-3,6-10H,4-5H2,(H,21,24)(H,26,27)(H,22,23,25). The molecule has 0 aliphatic rings. The Kier molecular flexibility index (Phi) is 5.77. The van der Waals surface area contributed by atoms with E-state index in [1.807, 2.05) is 24.3 Å². The number of nitrogens with one attached hydrogen (secondary N) is 2. The molecule has 1 amide bonds. The predicted octanol–water partition coefficient (Wildman–Crippen LogP) is 4.28. The summed E-state index contributed by atoms with van der Waals surface area (Å²) >= 11 is 5.70. The van der Waals surface area contributed by atoms with Gasteiger partial charge in [-0.25, -0.2) is 19.2 Å². The van der Waals surface area contributed by atoms with E-state index in [2.05, 4.69) is 25.6 Å². The van der Waals surface area contributed by atoms with E-state index in [1.54, 1.807) is 18.3 Å². The maximum atomic E-state index is 13.8. The summed E-state index contributed by atoms with van der Waals surface area (Å²) in [5, 5.41) is 13.8. The number of amides is 1. The quantitative estimate of drug-likeness (QED) is 0.546. The number of aromatic nitrogens is 3. The fourth-order valence-corrected chi connectivity index (χ4v) is 2.60. The SMILES string of the molecule is O=C(O)Nc1cc(CCc2cccc(Nc3nc(Cl)ncc3F)c2)ccn1. The lowest BCUT2D eigenvalue weighted by Crippen LogP contribution is -2.09. The van der Waals surface area contributed by atoms with Crippen LogP contribution in [0.15, 0.2) is 48.8 Å². The predicted molar refractivity (Wildman–Crippen MR) is 100 cm³/mol. The number of nitrogens with zero attached hydrogens (tertiary/aromatic N) is 3. The largest absolute Gasteiger partial charge is 0.465 e. The van der Waals surface area contributed by atoms with Crippen molar-refractivity contribution in [2.75, 3.05) is 10.6 Å². The monoisotopic (exact) mass is 387 g/mol. The van der Waals surface area contributed by atoms with E-state index in [9.17, 15) is 9.18 Å². The van der Waals surface area contributed by atoms with Crippen LogP contribution in [0.3, 0.4) is 0 Å². The molecule has 0 aliphatic carbocycles. The van der Waals surface area contributed by atoms with Crippen molar-refractivity contribution < 1.29 is 14.3 Å². The Morgan fingerprint density at radius 2 is 1.93 bits per heavy atom. The number of carboxylic acid groups (broad SMARTS) is 1. The van der Waals surface area contributed by atoms with Crippen molar-refractivity contribution in [2.24, 2.45) is 0 Å². The van der Waals surface area contributed by atoms with Crippen LogP contribution in [0.4, 0.5) is 26.5 Å². The van der Waals surface area contributed by atoms with Gasteiger partial charge >= 0.3 is 6.09 Å². The third-order valence-electron chi connectivity index (χ3n) is 3.67. The molecule has 0 fully saturated rings. The molecule has 3 rings (SSSR count). The lowest BCUT2D eigenvalue weighted by atomic mass is 10.0. The number of aryl methyl sites for hydroxylation is 2. The van der Waals surface area contributed by atoms with Gasteiger partial charge in [0, 0.05) is 11.9 Å². The Balaban J connectivity index is 1.67. The summed E-state index contributed by atoms with van der Waals surface area (Å²) in [6, 6.07) is 11.0. The number of halogens is 2. The second-order valence-corrected chi connectivity index (χ2v) is 5.98. The molecule has 27 heavy (non-hydrogen) atoms. The highest BCUT2D eigenvalue weighted by Gasteiger charge is 2.07. The van der Waals surface area contributed by atoms with Gasteiger partial charge < -0.3 is 10.4 Å². The van der Waals surface area contributed by atoms with E-state index in [0.29, 0.717) is 18.5 Å². The highest BCUT2D eigenvalue weighted by atomic mass is 35.5. The number of hydrogen-bond acceptors (Lipinski definition) is 5. The Hall–Kier alpha value is -3.26. The van der Waals surface area contributed by atoms with Gasteiger partial charge in [0.15, 0.2) is 11.6 Å². The Morgan fingerprint density at radius 1 is 1.15 bits per heavy atom. The van der Waals surface area contributed by atoms with Crippen LogP contribution in [-0.4, -0.2) is 26.2 Å². The number of pyridine rings is 1. The van der Waals surface area contributed by atoms with E-state index in [-0.39, 0.29) is 16.9 Å². The molecule has 0 saturated carbocycles. The minimum absolute atomic E-state index is 0.00525. The third-order valence-corrected chi connectivity index (χ3v) is 3.85. The van der Waals surface area contributed by atoms with Crippen molar-refractivity contribution in [2.45, 2.75) is 12.8 Å². The summed E-state index contributed by atoms with van der Waals surface area (Å²) in [4.78, 5) is 22.1. The minimum Gasteiger partial charge on any atom is -0.465 e. The molecule has 0 aliphatic heterocycles. The molecule has 2 heterocycles. The van der Waals surface area contributed by atoms with Gasteiger partial charge in [0.05, 0.1) is 6.20 Å². The molecule has 2 aromatic heterocycles. The lowest BCUT2D eigenvalue weighted by Gasteiger charge is -2.09. The second kappa shape index (κ2) is 8.41. The first-order chi connectivity index (χ1) is 13.0. The Labute approximate surface area is 159 Å². The van der Waals surface area contributed by atoms with Crippen molar-refractivity contribution in [3.8, 4) is 0 Å². The fourth-order valence-electron chi connectivity index (χ4n) is 2.47.